The Labute approximate surface area is 117 Å². The highest BCUT2D eigenvalue weighted by molar-refractivity contribution is 6.30. The maximum atomic E-state index is 11.1. The van der Waals surface area contributed by atoms with Crippen molar-refractivity contribution in [1.82, 2.24) is 0 Å². The number of halogens is 1. The van der Waals surface area contributed by atoms with Crippen molar-refractivity contribution < 1.29 is 9.66 Å². The van der Waals surface area contributed by atoms with Crippen LogP contribution in [0.15, 0.2) is 18.2 Å². The molecule has 1 heterocycles. The van der Waals surface area contributed by atoms with E-state index < -0.39 is 0 Å². The Morgan fingerprint density at radius 1 is 1.47 bits per heavy atom. The fourth-order valence-corrected chi connectivity index (χ4v) is 2.58. The van der Waals surface area contributed by atoms with E-state index in [4.69, 9.17) is 16.3 Å². The number of ether oxygens (including phenoxy) is 1. The lowest BCUT2D eigenvalue weighted by atomic mass is 10.1. The highest BCUT2D eigenvalue weighted by Crippen LogP contribution is 2.32. The number of hydrogen-bond donors (Lipinski definition) is 0. The van der Waals surface area contributed by atoms with Crippen LogP contribution in [0.4, 0.5) is 11.4 Å². The minimum Gasteiger partial charge on any atom is -0.378 e. The van der Waals surface area contributed by atoms with Crippen LogP contribution in [-0.4, -0.2) is 30.7 Å². The molecule has 0 N–H and O–H groups in total. The summed E-state index contributed by atoms with van der Waals surface area (Å²) in [5.74, 6) is 0. The second kappa shape index (κ2) is 6.21. The van der Waals surface area contributed by atoms with Crippen molar-refractivity contribution in [2.45, 2.75) is 25.9 Å². The molecule has 19 heavy (non-hydrogen) atoms. The van der Waals surface area contributed by atoms with E-state index in [2.05, 4.69) is 0 Å². The molecule has 0 bridgehead atoms. The minimum absolute atomic E-state index is 0.0716. The number of nitro groups is 1. The molecule has 1 aromatic rings. The lowest BCUT2D eigenvalue weighted by Crippen LogP contribution is -2.37. The summed E-state index contributed by atoms with van der Waals surface area (Å²) in [7, 11) is 0. The zero-order chi connectivity index (χ0) is 13.8. The van der Waals surface area contributed by atoms with E-state index in [0.717, 1.165) is 25.9 Å². The van der Waals surface area contributed by atoms with Crippen LogP contribution in [0.25, 0.3) is 0 Å². The van der Waals surface area contributed by atoms with Gasteiger partial charge in [-0.15, -0.1) is 0 Å². The maximum absolute atomic E-state index is 11.1. The van der Waals surface area contributed by atoms with Crippen molar-refractivity contribution in [2.75, 3.05) is 24.6 Å². The molecule has 6 heteroatoms. The molecule has 0 aliphatic carbocycles. The van der Waals surface area contributed by atoms with E-state index in [9.17, 15) is 10.1 Å². The van der Waals surface area contributed by atoms with Gasteiger partial charge < -0.3 is 9.64 Å². The molecule has 0 amide bonds. The summed E-state index contributed by atoms with van der Waals surface area (Å²) in [6.07, 6.45) is 2.06. The molecule has 0 unspecified atom stereocenters. The first-order valence-electron chi connectivity index (χ1n) is 6.42. The van der Waals surface area contributed by atoms with Crippen molar-refractivity contribution >= 4 is 23.0 Å². The number of hydrogen-bond acceptors (Lipinski definition) is 4. The second-order valence-electron chi connectivity index (χ2n) is 4.53. The molecule has 1 aromatic carbocycles. The molecule has 0 saturated carbocycles. The summed E-state index contributed by atoms with van der Waals surface area (Å²) < 4.78 is 5.58. The molecule has 1 saturated heterocycles. The van der Waals surface area contributed by atoms with Crippen LogP contribution in [0, 0.1) is 10.1 Å². The Bertz CT molecular complexity index is 459. The summed E-state index contributed by atoms with van der Waals surface area (Å²) in [6, 6.07) is 4.82. The highest BCUT2D eigenvalue weighted by Gasteiger charge is 2.25. The maximum Gasteiger partial charge on any atom is 0.294 e. The molecule has 0 spiro atoms. The van der Waals surface area contributed by atoms with E-state index in [1.165, 1.54) is 6.07 Å². The van der Waals surface area contributed by atoms with Gasteiger partial charge in [-0.3, -0.25) is 10.1 Å². The molecule has 0 radical (unpaired) electrons. The minimum atomic E-state index is -0.379. The molecule has 0 atom stereocenters. The van der Waals surface area contributed by atoms with Crippen molar-refractivity contribution in [3.8, 4) is 0 Å². The molecular formula is C13H17ClN2O3. The van der Waals surface area contributed by atoms with E-state index in [0.29, 0.717) is 17.3 Å². The largest absolute Gasteiger partial charge is 0.378 e. The third kappa shape index (κ3) is 3.36. The number of nitro benzene ring substituents is 1. The number of nitrogens with zero attached hydrogens (tertiary/aromatic N) is 2. The van der Waals surface area contributed by atoms with Crippen molar-refractivity contribution in [2.24, 2.45) is 0 Å². The van der Waals surface area contributed by atoms with Crippen LogP contribution >= 0.6 is 11.6 Å². The lowest BCUT2D eigenvalue weighted by molar-refractivity contribution is -0.384. The van der Waals surface area contributed by atoms with E-state index in [1.54, 1.807) is 12.1 Å². The first-order chi connectivity index (χ1) is 9.11. The zero-order valence-electron chi connectivity index (χ0n) is 10.8. The SMILES string of the molecule is CCOC1CCN(c2ccc(Cl)cc2[N+](=O)[O-])CC1. The third-order valence-corrected chi connectivity index (χ3v) is 3.55. The quantitative estimate of drug-likeness (QED) is 0.629. The van der Waals surface area contributed by atoms with Gasteiger partial charge in [-0.1, -0.05) is 11.6 Å². The lowest BCUT2D eigenvalue weighted by Gasteiger charge is -2.33. The Morgan fingerprint density at radius 2 is 2.16 bits per heavy atom. The van der Waals surface area contributed by atoms with Gasteiger partial charge in [-0.2, -0.15) is 0 Å². The fourth-order valence-electron chi connectivity index (χ4n) is 2.41. The number of piperidine rings is 1. The normalized spacial score (nSPS) is 16.6. The van der Waals surface area contributed by atoms with Crippen LogP contribution in [-0.2, 0) is 4.74 Å². The summed E-state index contributed by atoms with van der Waals surface area (Å²) in [5, 5.41) is 11.5. The predicted octanol–water partition coefficient (Wildman–Crippen LogP) is 3.25. The van der Waals surface area contributed by atoms with Gasteiger partial charge in [0.1, 0.15) is 5.69 Å². The smallest absolute Gasteiger partial charge is 0.294 e. The average molecular weight is 285 g/mol. The van der Waals surface area contributed by atoms with E-state index in [-0.39, 0.29) is 16.7 Å². The Balaban J connectivity index is 2.13. The van der Waals surface area contributed by atoms with E-state index >= 15 is 0 Å². The number of rotatable bonds is 4. The summed E-state index contributed by atoms with van der Waals surface area (Å²) in [5.41, 5.74) is 0.715. The van der Waals surface area contributed by atoms with Gasteiger partial charge in [-0.25, -0.2) is 0 Å². The van der Waals surface area contributed by atoms with Gasteiger partial charge in [0.2, 0.25) is 0 Å². The monoisotopic (exact) mass is 284 g/mol. The standard InChI is InChI=1S/C13H17ClN2O3/c1-2-19-11-5-7-15(8-6-11)12-4-3-10(14)9-13(12)16(17)18/h3-4,9,11H,2,5-8H2,1H3. The first kappa shape index (κ1) is 14.1. The molecule has 1 aliphatic rings. The molecular weight excluding hydrogens is 268 g/mol. The first-order valence-corrected chi connectivity index (χ1v) is 6.80. The summed E-state index contributed by atoms with van der Waals surface area (Å²) >= 11 is 5.82. The van der Waals surface area contributed by atoms with Gasteiger partial charge in [0.15, 0.2) is 0 Å². The summed E-state index contributed by atoms with van der Waals surface area (Å²) in [4.78, 5) is 12.7. The molecule has 104 valence electrons. The second-order valence-corrected chi connectivity index (χ2v) is 4.97. The van der Waals surface area contributed by atoms with E-state index in [1.807, 2.05) is 11.8 Å². The van der Waals surface area contributed by atoms with Gasteiger partial charge in [0.25, 0.3) is 5.69 Å². The topological polar surface area (TPSA) is 55.6 Å². The van der Waals surface area contributed by atoms with Crippen LogP contribution in [0.1, 0.15) is 19.8 Å². The Morgan fingerprint density at radius 3 is 2.74 bits per heavy atom. The molecule has 0 aromatic heterocycles. The van der Waals surface area contributed by atoms with Gasteiger partial charge in [0.05, 0.1) is 11.0 Å². The summed E-state index contributed by atoms with van der Waals surface area (Å²) in [6.45, 7) is 4.24. The molecule has 1 fully saturated rings. The fraction of sp³-hybridized carbons (Fsp3) is 0.538. The third-order valence-electron chi connectivity index (χ3n) is 3.32. The van der Waals surface area contributed by atoms with Gasteiger partial charge >= 0.3 is 0 Å². The van der Waals surface area contributed by atoms with Gasteiger partial charge in [0, 0.05) is 30.8 Å². The Hall–Kier alpha value is -1.33. The zero-order valence-corrected chi connectivity index (χ0v) is 11.6. The predicted molar refractivity (Wildman–Crippen MR) is 75.0 cm³/mol. The van der Waals surface area contributed by atoms with Crippen molar-refractivity contribution in [3.63, 3.8) is 0 Å². The van der Waals surface area contributed by atoms with Crippen molar-refractivity contribution in [3.05, 3.63) is 33.3 Å². The highest BCUT2D eigenvalue weighted by atomic mass is 35.5. The van der Waals surface area contributed by atoms with Gasteiger partial charge in [-0.05, 0) is 31.9 Å². The average Bonchev–Trinajstić information content (AvgIpc) is 2.40. The molecule has 5 nitrogen and oxygen atoms in total. The molecule has 1 aliphatic heterocycles. The number of benzene rings is 1. The van der Waals surface area contributed by atoms with Crippen molar-refractivity contribution in [1.29, 1.82) is 0 Å². The molecule has 2 rings (SSSR count). The van der Waals surface area contributed by atoms with Crippen LogP contribution < -0.4 is 4.90 Å². The Kier molecular flexibility index (Phi) is 4.61. The number of anilines is 1. The van der Waals surface area contributed by atoms with Crippen LogP contribution in [0.3, 0.4) is 0 Å². The van der Waals surface area contributed by atoms with Crippen LogP contribution in [0.5, 0.6) is 0 Å². The van der Waals surface area contributed by atoms with Crippen LogP contribution in [0.2, 0.25) is 5.02 Å².